The molecular formula is C33H31N3O4S2. The van der Waals surface area contributed by atoms with Crippen LogP contribution in [-0.2, 0) is 28.9 Å². The number of benzene rings is 2. The average molecular weight is 598 g/mol. The molecular weight excluding hydrogens is 567 g/mol. The summed E-state index contributed by atoms with van der Waals surface area (Å²) >= 11 is 2.86. The maximum Gasteiger partial charge on any atom is 0.341 e. The van der Waals surface area contributed by atoms with Crippen molar-refractivity contribution in [2.75, 3.05) is 11.9 Å². The lowest BCUT2D eigenvalue weighted by Crippen LogP contribution is -2.30. The normalized spacial score (nSPS) is 12.7. The van der Waals surface area contributed by atoms with E-state index in [9.17, 15) is 14.4 Å². The molecule has 0 radical (unpaired) electrons. The minimum atomic E-state index is -0.504. The molecule has 42 heavy (non-hydrogen) atoms. The molecule has 0 bridgehead atoms. The number of hydrogen-bond donors (Lipinski definition) is 1. The maximum atomic E-state index is 14.1. The zero-order chi connectivity index (χ0) is 29.4. The monoisotopic (exact) mass is 597 g/mol. The molecule has 3 heterocycles. The van der Waals surface area contributed by atoms with E-state index in [1.165, 1.54) is 20.8 Å². The molecule has 0 unspecified atom stereocenters. The molecule has 5 aromatic rings. The van der Waals surface area contributed by atoms with Crippen molar-refractivity contribution < 1.29 is 14.3 Å². The van der Waals surface area contributed by atoms with Gasteiger partial charge in [0.25, 0.3) is 5.56 Å². The summed E-state index contributed by atoms with van der Waals surface area (Å²) < 4.78 is 6.84. The highest BCUT2D eigenvalue weighted by Crippen LogP contribution is 2.37. The Labute approximate surface area is 251 Å². The summed E-state index contributed by atoms with van der Waals surface area (Å²) in [4.78, 5) is 47.7. The lowest BCUT2D eigenvalue weighted by molar-refractivity contribution is -0.116. The molecule has 0 fully saturated rings. The summed E-state index contributed by atoms with van der Waals surface area (Å²) in [5.41, 5.74) is 5.65. The summed E-state index contributed by atoms with van der Waals surface area (Å²) in [6.07, 6.45) is 3.95. The van der Waals surface area contributed by atoms with Crippen LogP contribution < -0.4 is 10.9 Å². The van der Waals surface area contributed by atoms with Crippen LogP contribution in [0.5, 0.6) is 0 Å². The van der Waals surface area contributed by atoms with Crippen molar-refractivity contribution >= 4 is 49.8 Å². The molecule has 9 heteroatoms. The van der Waals surface area contributed by atoms with Gasteiger partial charge in [0.15, 0.2) is 0 Å². The third-order valence-corrected chi connectivity index (χ3v) is 9.62. The number of esters is 1. The Bertz CT molecular complexity index is 1880. The van der Waals surface area contributed by atoms with Crippen LogP contribution in [0.15, 0.2) is 58.7 Å². The molecule has 2 aromatic carbocycles. The highest BCUT2D eigenvalue weighted by Gasteiger charge is 2.26. The van der Waals surface area contributed by atoms with E-state index in [-0.39, 0.29) is 18.7 Å². The van der Waals surface area contributed by atoms with E-state index in [0.29, 0.717) is 27.3 Å². The fraction of sp³-hybridized carbons (Fsp3) is 0.273. The van der Waals surface area contributed by atoms with Crippen molar-refractivity contribution in [1.29, 1.82) is 0 Å². The smallest absolute Gasteiger partial charge is 0.341 e. The van der Waals surface area contributed by atoms with Gasteiger partial charge in [-0.15, -0.1) is 22.7 Å². The summed E-state index contributed by atoms with van der Waals surface area (Å²) in [5, 5.41) is 5.78. The fourth-order valence-electron chi connectivity index (χ4n) is 5.50. The fourth-order valence-corrected chi connectivity index (χ4v) is 7.73. The number of hydrogen-bond acceptors (Lipinski definition) is 7. The Hall–Kier alpha value is -4.08. The number of carbonyl (C=O) groups is 2. The van der Waals surface area contributed by atoms with Crippen LogP contribution >= 0.6 is 22.7 Å². The SMILES string of the molecule is CCOC(=O)c1c(-c2ccc(C)cc2)csc1NC(=O)Cn1c(-c2cccc(C)c2)nc2sc3c(c2c1=O)CCCC3. The average Bonchev–Trinajstić information content (AvgIpc) is 3.56. The Balaban J connectivity index is 1.41. The Kier molecular flexibility index (Phi) is 7.79. The van der Waals surface area contributed by atoms with Crippen LogP contribution in [0.2, 0.25) is 0 Å². The van der Waals surface area contributed by atoms with Crippen LogP contribution in [0.1, 0.15) is 51.7 Å². The van der Waals surface area contributed by atoms with Gasteiger partial charge < -0.3 is 10.1 Å². The van der Waals surface area contributed by atoms with E-state index >= 15 is 0 Å². The number of carbonyl (C=O) groups excluding carboxylic acids is 2. The highest BCUT2D eigenvalue weighted by atomic mass is 32.1. The number of aryl methyl sites for hydroxylation is 4. The lowest BCUT2D eigenvalue weighted by Gasteiger charge is -2.15. The van der Waals surface area contributed by atoms with Gasteiger partial charge in [-0.2, -0.15) is 0 Å². The van der Waals surface area contributed by atoms with E-state index in [1.807, 2.05) is 67.8 Å². The number of nitrogens with one attached hydrogen (secondary N) is 1. The van der Waals surface area contributed by atoms with E-state index in [2.05, 4.69) is 5.32 Å². The van der Waals surface area contributed by atoms with Gasteiger partial charge in [0.1, 0.15) is 27.8 Å². The Morgan fingerprint density at radius 1 is 1.02 bits per heavy atom. The molecule has 0 aliphatic heterocycles. The van der Waals surface area contributed by atoms with E-state index < -0.39 is 11.9 Å². The molecule has 0 spiro atoms. The number of amides is 1. The van der Waals surface area contributed by atoms with Crippen LogP contribution in [0.4, 0.5) is 5.00 Å². The second-order valence-electron chi connectivity index (χ2n) is 10.6. The minimum absolute atomic E-state index is 0.205. The van der Waals surface area contributed by atoms with Gasteiger partial charge >= 0.3 is 5.97 Å². The van der Waals surface area contributed by atoms with Gasteiger partial charge in [-0.05, 0) is 63.6 Å². The van der Waals surface area contributed by atoms with Crippen molar-refractivity contribution in [3.63, 3.8) is 0 Å². The minimum Gasteiger partial charge on any atom is -0.462 e. The van der Waals surface area contributed by atoms with E-state index in [4.69, 9.17) is 9.72 Å². The number of ether oxygens (including phenoxy) is 1. The Morgan fingerprint density at radius 3 is 2.57 bits per heavy atom. The first-order valence-corrected chi connectivity index (χ1v) is 15.8. The van der Waals surface area contributed by atoms with Gasteiger partial charge in [0.2, 0.25) is 5.91 Å². The van der Waals surface area contributed by atoms with Crippen molar-refractivity contribution in [3.8, 4) is 22.5 Å². The summed E-state index contributed by atoms with van der Waals surface area (Å²) in [6, 6.07) is 15.6. The van der Waals surface area contributed by atoms with Gasteiger partial charge in [0, 0.05) is 21.4 Å². The standard InChI is InChI=1S/C33H31N3O4S2/c1-4-40-33(39)28-24(21-14-12-19(2)13-15-21)18-41-30(28)34-26(37)17-36-29(22-9-7-8-20(3)16-22)35-31-27(32(36)38)23-10-5-6-11-25(23)42-31/h7-9,12-16,18H,4-6,10-11,17H2,1-3H3,(H,34,37). The van der Waals surface area contributed by atoms with Gasteiger partial charge in [-0.25, -0.2) is 9.78 Å². The Morgan fingerprint density at radius 2 is 1.81 bits per heavy atom. The van der Waals surface area contributed by atoms with Crippen molar-refractivity contribution in [3.05, 3.63) is 91.4 Å². The van der Waals surface area contributed by atoms with E-state index in [1.54, 1.807) is 18.3 Å². The topological polar surface area (TPSA) is 90.3 Å². The second-order valence-corrected chi connectivity index (χ2v) is 12.5. The number of nitrogens with zero attached hydrogens (tertiary/aromatic N) is 2. The summed E-state index contributed by atoms with van der Waals surface area (Å²) in [6.45, 7) is 5.71. The van der Waals surface area contributed by atoms with Crippen LogP contribution in [0, 0.1) is 13.8 Å². The molecule has 1 N–H and O–H groups in total. The summed E-state index contributed by atoms with van der Waals surface area (Å²) in [7, 11) is 0. The lowest BCUT2D eigenvalue weighted by atomic mass is 9.97. The third kappa shape index (κ3) is 5.30. The van der Waals surface area contributed by atoms with Gasteiger partial charge in [0.05, 0.1) is 12.0 Å². The predicted octanol–water partition coefficient (Wildman–Crippen LogP) is 7.16. The predicted molar refractivity (Wildman–Crippen MR) is 170 cm³/mol. The first-order valence-electron chi connectivity index (χ1n) is 14.1. The second kappa shape index (κ2) is 11.7. The number of anilines is 1. The zero-order valence-electron chi connectivity index (χ0n) is 23.8. The first kappa shape index (κ1) is 28.1. The number of fused-ring (bicyclic) bond motifs is 3. The summed E-state index contributed by atoms with van der Waals surface area (Å²) in [5.74, 6) is -0.462. The van der Waals surface area contributed by atoms with Crippen molar-refractivity contribution in [2.24, 2.45) is 0 Å². The number of thiophene rings is 2. The van der Waals surface area contributed by atoms with E-state index in [0.717, 1.165) is 58.3 Å². The molecule has 0 saturated heterocycles. The van der Waals surface area contributed by atoms with Crippen LogP contribution in [0.25, 0.3) is 32.7 Å². The molecule has 3 aromatic heterocycles. The van der Waals surface area contributed by atoms with Crippen molar-refractivity contribution in [1.82, 2.24) is 9.55 Å². The van der Waals surface area contributed by atoms with Crippen molar-refractivity contribution in [2.45, 2.75) is 53.0 Å². The number of aromatic nitrogens is 2. The molecule has 1 aliphatic rings. The molecule has 6 rings (SSSR count). The molecule has 1 amide bonds. The zero-order valence-corrected chi connectivity index (χ0v) is 25.4. The van der Waals surface area contributed by atoms with Gasteiger partial charge in [-0.3, -0.25) is 14.2 Å². The maximum absolute atomic E-state index is 14.1. The molecule has 0 saturated carbocycles. The van der Waals surface area contributed by atoms with Gasteiger partial charge in [-0.1, -0.05) is 53.6 Å². The largest absolute Gasteiger partial charge is 0.462 e. The van der Waals surface area contributed by atoms with Crippen LogP contribution in [-0.4, -0.2) is 28.0 Å². The van der Waals surface area contributed by atoms with Crippen LogP contribution in [0.3, 0.4) is 0 Å². The molecule has 7 nitrogen and oxygen atoms in total. The number of rotatable bonds is 7. The first-order chi connectivity index (χ1) is 20.3. The molecule has 0 atom stereocenters. The third-order valence-electron chi connectivity index (χ3n) is 7.54. The molecule has 1 aliphatic carbocycles. The highest BCUT2D eigenvalue weighted by molar-refractivity contribution is 7.18. The molecule has 214 valence electrons. The quantitative estimate of drug-likeness (QED) is 0.201.